The predicted molar refractivity (Wildman–Crippen MR) is 100 cm³/mol. The maximum Gasteiger partial charge on any atom is 0.0890 e. The lowest BCUT2D eigenvalue weighted by molar-refractivity contribution is 0.0735. The molecule has 3 rings (SSSR count). The molecule has 0 saturated heterocycles. The second-order valence-corrected chi connectivity index (χ2v) is 6.79. The van der Waals surface area contributed by atoms with Crippen molar-refractivity contribution in [2.75, 3.05) is 20.2 Å². The fraction of sp³-hybridized carbons (Fsp3) is 0.455. The van der Waals surface area contributed by atoms with Crippen LogP contribution in [0.15, 0.2) is 54.6 Å². The van der Waals surface area contributed by atoms with Crippen LogP contribution in [0.3, 0.4) is 0 Å². The molecule has 2 nitrogen and oxygen atoms in total. The zero-order chi connectivity index (χ0) is 16.8. The Hall–Kier alpha value is -1.64. The molecule has 0 aliphatic carbocycles. The van der Waals surface area contributed by atoms with Crippen LogP contribution >= 0.6 is 0 Å². The fourth-order valence-electron chi connectivity index (χ4n) is 3.90. The number of rotatable bonds is 6. The first-order valence-electron chi connectivity index (χ1n) is 9.21. The van der Waals surface area contributed by atoms with E-state index in [0.717, 1.165) is 19.5 Å². The lowest BCUT2D eigenvalue weighted by atomic mass is 9.85. The van der Waals surface area contributed by atoms with Gasteiger partial charge in [-0.3, -0.25) is 4.90 Å². The monoisotopic (exact) mass is 323 g/mol. The van der Waals surface area contributed by atoms with Gasteiger partial charge in [0.05, 0.1) is 6.10 Å². The smallest absolute Gasteiger partial charge is 0.0890 e. The van der Waals surface area contributed by atoms with E-state index >= 15 is 0 Å². The first-order valence-corrected chi connectivity index (χ1v) is 9.21. The summed E-state index contributed by atoms with van der Waals surface area (Å²) in [5.41, 5.74) is 4.21. The Labute approximate surface area is 146 Å². The van der Waals surface area contributed by atoms with Gasteiger partial charge in [-0.05, 0) is 42.6 Å². The van der Waals surface area contributed by atoms with Crippen molar-refractivity contribution in [3.63, 3.8) is 0 Å². The van der Waals surface area contributed by atoms with Crippen LogP contribution in [0.1, 0.15) is 54.9 Å². The molecule has 0 fully saturated rings. The third-order valence-electron chi connectivity index (χ3n) is 5.18. The Morgan fingerprint density at radius 1 is 1.08 bits per heavy atom. The summed E-state index contributed by atoms with van der Waals surface area (Å²) in [4.78, 5) is 2.61. The van der Waals surface area contributed by atoms with Gasteiger partial charge in [-0.15, -0.1) is 0 Å². The molecule has 0 unspecified atom stereocenters. The molecule has 0 bridgehead atoms. The van der Waals surface area contributed by atoms with Crippen LogP contribution in [0.4, 0.5) is 0 Å². The minimum atomic E-state index is 0.124. The summed E-state index contributed by atoms with van der Waals surface area (Å²) in [5, 5.41) is 0. The molecule has 2 aromatic carbocycles. The number of fused-ring (bicyclic) bond motifs is 1. The Morgan fingerprint density at radius 2 is 1.83 bits per heavy atom. The molecule has 2 heteroatoms. The summed E-state index contributed by atoms with van der Waals surface area (Å²) in [6, 6.07) is 19.6. The van der Waals surface area contributed by atoms with Crippen LogP contribution in [0.25, 0.3) is 0 Å². The molecule has 0 amide bonds. The second-order valence-electron chi connectivity index (χ2n) is 6.79. The molecular formula is C22H29NO. The molecule has 0 radical (unpaired) electrons. The van der Waals surface area contributed by atoms with E-state index in [-0.39, 0.29) is 6.10 Å². The maximum atomic E-state index is 5.99. The van der Waals surface area contributed by atoms with Crippen molar-refractivity contribution in [1.29, 1.82) is 0 Å². The Bertz CT molecular complexity index is 625. The van der Waals surface area contributed by atoms with Crippen LogP contribution in [-0.2, 0) is 11.3 Å². The van der Waals surface area contributed by atoms with E-state index in [0.29, 0.717) is 5.92 Å². The van der Waals surface area contributed by atoms with Gasteiger partial charge < -0.3 is 4.74 Å². The van der Waals surface area contributed by atoms with Gasteiger partial charge in [-0.1, -0.05) is 67.9 Å². The van der Waals surface area contributed by atoms with E-state index in [1.54, 1.807) is 0 Å². The van der Waals surface area contributed by atoms with Gasteiger partial charge in [-0.25, -0.2) is 0 Å². The summed E-state index contributed by atoms with van der Waals surface area (Å²) in [5.74, 6) is 0.417. The highest BCUT2D eigenvalue weighted by atomic mass is 16.5. The number of nitrogens with zero attached hydrogens (tertiary/aromatic N) is 1. The molecule has 0 N–H and O–H groups in total. The van der Waals surface area contributed by atoms with Gasteiger partial charge >= 0.3 is 0 Å². The lowest BCUT2D eigenvalue weighted by Crippen LogP contribution is -2.25. The highest BCUT2D eigenvalue weighted by molar-refractivity contribution is 5.34. The van der Waals surface area contributed by atoms with Gasteiger partial charge in [0.2, 0.25) is 0 Å². The quantitative estimate of drug-likeness (QED) is 0.727. The first-order chi connectivity index (χ1) is 11.8. The molecular weight excluding hydrogens is 294 g/mol. The number of ether oxygens (including phenoxy) is 1. The summed E-state index contributed by atoms with van der Waals surface area (Å²) >= 11 is 0. The zero-order valence-corrected chi connectivity index (χ0v) is 14.9. The Morgan fingerprint density at radius 3 is 2.58 bits per heavy atom. The van der Waals surface area contributed by atoms with Crippen molar-refractivity contribution in [3.05, 3.63) is 71.3 Å². The summed E-state index contributed by atoms with van der Waals surface area (Å²) in [6.45, 7) is 5.68. The van der Waals surface area contributed by atoms with Crippen LogP contribution in [0.2, 0.25) is 0 Å². The van der Waals surface area contributed by atoms with Crippen LogP contribution in [0, 0.1) is 0 Å². The maximum absolute atomic E-state index is 5.99. The van der Waals surface area contributed by atoms with Gasteiger partial charge in [0.25, 0.3) is 0 Å². The molecule has 1 heterocycles. The van der Waals surface area contributed by atoms with E-state index in [1.165, 1.54) is 36.1 Å². The predicted octanol–water partition coefficient (Wildman–Crippen LogP) is 5.16. The molecule has 2 atom stereocenters. The van der Waals surface area contributed by atoms with Crippen LogP contribution < -0.4 is 0 Å². The van der Waals surface area contributed by atoms with E-state index in [1.807, 2.05) is 7.11 Å². The minimum absolute atomic E-state index is 0.124. The molecule has 0 aromatic heterocycles. The van der Waals surface area contributed by atoms with Crippen molar-refractivity contribution < 1.29 is 4.74 Å². The van der Waals surface area contributed by atoms with E-state index in [2.05, 4.69) is 66.4 Å². The highest BCUT2D eigenvalue weighted by Crippen LogP contribution is 2.39. The average molecular weight is 323 g/mol. The molecule has 2 aromatic rings. The van der Waals surface area contributed by atoms with Gasteiger partial charge in [0.15, 0.2) is 0 Å². The Balaban J connectivity index is 1.90. The third kappa shape index (κ3) is 3.88. The topological polar surface area (TPSA) is 12.5 Å². The van der Waals surface area contributed by atoms with Gasteiger partial charge in [-0.2, -0.15) is 0 Å². The highest BCUT2D eigenvalue weighted by Gasteiger charge is 2.29. The summed E-state index contributed by atoms with van der Waals surface area (Å²) in [6.07, 6.45) is 3.80. The molecule has 24 heavy (non-hydrogen) atoms. The largest absolute Gasteiger partial charge is 0.376 e. The lowest BCUT2D eigenvalue weighted by Gasteiger charge is -2.27. The normalized spacial score (nSPS) is 19.5. The number of unbranched alkanes of at least 4 members (excludes halogenated alkanes) is 1. The van der Waals surface area contributed by atoms with Crippen molar-refractivity contribution in [2.24, 2.45) is 0 Å². The van der Waals surface area contributed by atoms with Crippen LogP contribution in [-0.4, -0.2) is 25.1 Å². The molecule has 1 aliphatic rings. The number of hydrogen-bond donors (Lipinski definition) is 0. The Kier molecular flexibility index (Phi) is 6.06. The second kappa shape index (κ2) is 8.46. The molecule has 128 valence electrons. The number of methoxy groups -OCH3 is 1. The first kappa shape index (κ1) is 17.2. The molecule has 0 saturated carbocycles. The fourth-order valence-corrected chi connectivity index (χ4v) is 3.90. The summed E-state index contributed by atoms with van der Waals surface area (Å²) in [7, 11) is 1.85. The standard InChI is InChI=1S/C22H29NO/c1-3-4-15-23-16-14-21(20-13-9-8-12-19(20)17-23)22(24-2)18-10-6-5-7-11-18/h5-13,21-22H,3-4,14-17H2,1-2H3/t21-,22-/m0/s1. The molecule has 1 aliphatic heterocycles. The van der Waals surface area contributed by atoms with E-state index < -0.39 is 0 Å². The number of hydrogen-bond acceptors (Lipinski definition) is 2. The van der Waals surface area contributed by atoms with E-state index in [4.69, 9.17) is 4.74 Å². The zero-order valence-electron chi connectivity index (χ0n) is 14.9. The van der Waals surface area contributed by atoms with E-state index in [9.17, 15) is 0 Å². The summed E-state index contributed by atoms with van der Waals surface area (Å²) < 4.78 is 5.99. The van der Waals surface area contributed by atoms with Crippen molar-refractivity contribution in [1.82, 2.24) is 4.90 Å². The van der Waals surface area contributed by atoms with Crippen molar-refractivity contribution in [3.8, 4) is 0 Å². The minimum Gasteiger partial charge on any atom is -0.376 e. The molecule has 0 spiro atoms. The van der Waals surface area contributed by atoms with Crippen molar-refractivity contribution in [2.45, 2.75) is 44.8 Å². The van der Waals surface area contributed by atoms with Gasteiger partial charge in [0.1, 0.15) is 0 Å². The van der Waals surface area contributed by atoms with Crippen molar-refractivity contribution >= 4 is 0 Å². The van der Waals surface area contributed by atoms with Crippen LogP contribution in [0.5, 0.6) is 0 Å². The number of benzene rings is 2. The third-order valence-corrected chi connectivity index (χ3v) is 5.18. The SMILES string of the molecule is CCCCN1CC[C@H]([C@@H](OC)c2ccccc2)c2ccccc2C1. The average Bonchev–Trinajstić information content (AvgIpc) is 2.81. The van der Waals surface area contributed by atoms with Gasteiger partial charge in [0, 0.05) is 19.6 Å².